The molecule has 1 aliphatic heterocycles. The van der Waals surface area contributed by atoms with Crippen molar-refractivity contribution in [1.82, 2.24) is 9.88 Å². The summed E-state index contributed by atoms with van der Waals surface area (Å²) in [5, 5.41) is 1.12. The molecule has 1 saturated heterocycles. The lowest BCUT2D eigenvalue weighted by atomic mass is 10.2. The van der Waals surface area contributed by atoms with Gasteiger partial charge in [0.25, 0.3) is 0 Å². The van der Waals surface area contributed by atoms with Crippen molar-refractivity contribution in [2.24, 2.45) is 0 Å². The fourth-order valence-corrected chi connectivity index (χ4v) is 4.14. The SMILES string of the molecule is COc1ccc2nc(N3CCN(Cc4ccccc4)CC3)sc2c1. The van der Waals surface area contributed by atoms with Gasteiger partial charge in [-0.25, -0.2) is 4.98 Å². The van der Waals surface area contributed by atoms with E-state index in [1.54, 1.807) is 18.4 Å². The summed E-state index contributed by atoms with van der Waals surface area (Å²) in [6, 6.07) is 16.8. The highest BCUT2D eigenvalue weighted by atomic mass is 32.1. The summed E-state index contributed by atoms with van der Waals surface area (Å²) in [6.45, 7) is 5.25. The second-order valence-electron chi connectivity index (χ2n) is 6.08. The maximum absolute atomic E-state index is 5.31. The number of hydrogen-bond acceptors (Lipinski definition) is 5. The highest BCUT2D eigenvalue weighted by molar-refractivity contribution is 7.22. The topological polar surface area (TPSA) is 28.6 Å². The first-order chi connectivity index (χ1) is 11.8. The Bertz CT molecular complexity index is 810. The minimum absolute atomic E-state index is 0.894. The summed E-state index contributed by atoms with van der Waals surface area (Å²) < 4.78 is 6.50. The van der Waals surface area contributed by atoms with Gasteiger partial charge >= 0.3 is 0 Å². The third-order valence-electron chi connectivity index (χ3n) is 4.48. The van der Waals surface area contributed by atoms with Gasteiger partial charge in [-0.05, 0) is 23.8 Å². The molecule has 1 fully saturated rings. The Kier molecular flexibility index (Phi) is 4.36. The molecule has 0 saturated carbocycles. The first-order valence-electron chi connectivity index (χ1n) is 8.27. The van der Waals surface area contributed by atoms with Crippen LogP contribution < -0.4 is 9.64 Å². The van der Waals surface area contributed by atoms with E-state index in [2.05, 4.69) is 46.2 Å². The second-order valence-corrected chi connectivity index (χ2v) is 7.09. The van der Waals surface area contributed by atoms with Crippen molar-refractivity contribution in [3.05, 3.63) is 54.1 Å². The average molecular weight is 339 g/mol. The monoisotopic (exact) mass is 339 g/mol. The van der Waals surface area contributed by atoms with Crippen molar-refractivity contribution < 1.29 is 4.74 Å². The smallest absolute Gasteiger partial charge is 0.186 e. The van der Waals surface area contributed by atoms with Crippen molar-refractivity contribution in [2.45, 2.75) is 6.54 Å². The molecule has 1 aromatic heterocycles. The minimum Gasteiger partial charge on any atom is -0.497 e. The second kappa shape index (κ2) is 6.79. The van der Waals surface area contributed by atoms with Crippen LogP contribution in [-0.2, 0) is 6.54 Å². The van der Waals surface area contributed by atoms with Gasteiger partial charge in [-0.3, -0.25) is 4.90 Å². The first kappa shape index (κ1) is 15.4. The summed E-state index contributed by atoms with van der Waals surface area (Å²) in [5.74, 6) is 0.894. The Morgan fingerprint density at radius 1 is 1.04 bits per heavy atom. The Morgan fingerprint density at radius 3 is 2.58 bits per heavy atom. The number of aromatic nitrogens is 1. The van der Waals surface area contributed by atoms with Crippen LogP contribution in [0.5, 0.6) is 5.75 Å². The van der Waals surface area contributed by atoms with Crippen LogP contribution in [0, 0.1) is 0 Å². The van der Waals surface area contributed by atoms with E-state index < -0.39 is 0 Å². The number of ether oxygens (including phenoxy) is 1. The molecule has 0 N–H and O–H groups in total. The van der Waals surface area contributed by atoms with E-state index in [1.165, 1.54) is 10.3 Å². The summed E-state index contributed by atoms with van der Waals surface area (Å²) >= 11 is 1.75. The van der Waals surface area contributed by atoms with Crippen LogP contribution in [0.3, 0.4) is 0 Å². The highest BCUT2D eigenvalue weighted by Crippen LogP contribution is 2.31. The maximum atomic E-state index is 5.31. The molecule has 5 heteroatoms. The van der Waals surface area contributed by atoms with Gasteiger partial charge in [0.15, 0.2) is 5.13 Å². The lowest BCUT2D eigenvalue weighted by Crippen LogP contribution is -2.45. The Hall–Kier alpha value is -2.11. The normalized spacial score (nSPS) is 15.8. The van der Waals surface area contributed by atoms with Crippen LogP contribution in [0.25, 0.3) is 10.2 Å². The molecule has 4 rings (SSSR count). The van der Waals surface area contributed by atoms with E-state index in [1.807, 2.05) is 12.1 Å². The number of piperazine rings is 1. The van der Waals surface area contributed by atoms with E-state index in [0.29, 0.717) is 0 Å². The third-order valence-corrected chi connectivity index (χ3v) is 5.56. The van der Waals surface area contributed by atoms with Crippen molar-refractivity contribution >= 4 is 26.7 Å². The minimum atomic E-state index is 0.894. The molecule has 3 aromatic rings. The largest absolute Gasteiger partial charge is 0.497 e. The predicted molar refractivity (Wildman–Crippen MR) is 100 cm³/mol. The lowest BCUT2D eigenvalue weighted by molar-refractivity contribution is 0.250. The van der Waals surface area contributed by atoms with E-state index >= 15 is 0 Å². The molecule has 0 aliphatic carbocycles. The molecular weight excluding hydrogens is 318 g/mol. The number of methoxy groups -OCH3 is 1. The molecule has 124 valence electrons. The van der Waals surface area contributed by atoms with Gasteiger partial charge in [0.2, 0.25) is 0 Å². The Morgan fingerprint density at radius 2 is 1.83 bits per heavy atom. The predicted octanol–water partition coefficient (Wildman–Crippen LogP) is 3.63. The van der Waals surface area contributed by atoms with Gasteiger partial charge in [-0.2, -0.15) is 0 Å². The molecule has 0 spiro atoms. The molecule has 0 unspecified atom stereocenters. The zero-order valence-electron chi connectivity index (χ0n) is 13.8. The van der Waals surface area contributed by atoms with Crippen LogP contribution >= 0.6 is 11.3 Å². The first-order valence-corrected chi connectivity index (χ1v) is 9.09. The Balaban J connectivity index is 1.42. The van der Waals surface area contributed by atoms with E-state index in [9.17, 15) is 0 Å². The van der Waals surface area contributed by atoms with Gasteiger partial charge in [0, 0.05) is 32.7 Å². The zero-order valence-corrected chi connectivity index (χ0v) is 14.6. The number of hydrogen-bond donors (Lipinski definition) is 0. The summed E-state index contributed by atoms with van der Waals surface area (Å²) in [4.78, 5) is 9.71. The zero-order chi connectivity index (χ0) is 16.4. The molecule has 0 atom stereocenters. The average Bonchev–Trinajstić information content (AvgIpc) is 3.06. The fraction of sp³-hybridized carbons (Fsp3) is 0.316. The van der Waals surface area contributed by atoms with Gasteiger partial charge in [0.1, 0.15) is 5.75 Å². The number of anilines is 1. The van der Waals surface area contributed by atoms with Gasteiger partial charge in [0.05, 0.1) is 17.3 Å². The molecule has 1 aliphatic rings. The summed E-state index contributed by atoms with van der Waals surface area (Å²) in [7, 11) is 1.70. The van der Waals surface area contributed by atoms with Crippen molar-refractivity contribution in [3.8, 4) is 5.75 Å². The number of benzene rings is 2. The quantitative estimate of drug-likeness (QED) is 0.726. The molecule has 2 heterocycles. The van der Waals surface area contributed by atoms with Crippen LogP contribution in [0.15, 0.2) is 48.5 Å². The fourth-order valence-electron chi connectivity index (χ4n) is 3.09. The van der Waals surface area contributed by atoms with Crippen molar-refractivity contribution in [3.63, 3.8) is 0 Å². The van der Waals surface area contributed by atoms with Crippen LogP contribution in [-0.4, -0.2) is 43.2 Å². The maximum Gasteiger partial charge on any atom is 0.186 e. The summed E-state index contributed by atoms with van der Waals surface area (Å²) in [5.41, 5.74) is 2.44. The molecule has 4 nitrogen and oxygen atoms in total. The Labute approximate surface area is 146 Å². The van der Waals surface area contributed by atoms with E-state index in [-0.39, 0.29) is 0 Å². The number of fused-ring (bicyclic) bond motifs is 1. The third kappa shape index (κ3) is 3.23. The lowest BCUT2D eigenvalue weighted by Gasteiger charge is -2.34. The number of thiazole rings is 1. The van der Waals surface area contributed by atoms with E-state index in [4.69, 9.17) is 9.72 Å². The molecule has 0 radical (unpaired) electrons. The van der Waals surface area contributed by atoms with Gasteiger partial charge in [-0.15, -0.1) is 0 Å². The molecule has 0 amide bonds. The van der Waals surface area contributed by atoms with Gasteiger partial charge < -0.3 is 9.64 Å². The molecule has 0 bridgehead atoms. The summed E-state index contributed by atoms with van der Waals surface area (Å²) in [6.07, 6.45) is 0. The van der Waals surface area contributed by atoms with Crippen LogP contribution in [0.2, 0.25) is 0 Å². The van der Waals surface area contributed by atoms with Crippen molar-refractivity contribution in [2.75, 3.05) is 38.2 Å². The van der Waals surface area contributed by atoms with Crippen LogP contribution in [0.1, 0.15) is 5.56 Å². The van der Waals surface area contributed by atoms with Crippen molar-refractivity contribution in [1.29, 1.82) is 0 Å². The van der Waals surface area contributed by atoms with E-state index in [0.717, 1.165) is 49.1 Å². The molecule has 2 aromatic carbocycles. The number of nitrogens with zero attached hydrogens (tertiary/aromatic N) is 3. The van der Waals surface area contributed by atoms with Gasteiger partial charge in [-0.1, -0.05) is 41.7 Å². The highest BCUT2D eigenvalue weighted by Gasteiger charge is 2.20. The molecule has 24 heavy (non-hydrogen) atoms. The standard InChI is InChI=1S/C19H21N3OS/c1-23-16-7-8-17-18(13-16)24-19(20-17)22-11-9-21(10-12-22)14-15-5-3-2-4-6-15/h2-8,13H,9-12,14H2,1H3. The van der Waals surface area contributed by atoms with Crippen LogP contribution in [0.4, 0.5) is 5.13 Å². The number of rotatable bonds is 4. The molecular formula is C19H21N3OS.